The Labute approximate surface area is 94.2 Å². The number of anilines is 1. The van der Waals surface area contributed by atoms with Crippen molar-refractivity contribution in [3.63, 3.8) is 0 Å². The van der Waals surface area contributed by atoms with Gasteiger partial charge in [0.25, 0.3) is 0 Å². The topological polar surface area (TPSA) is 35.2 Å². The fourth-order valence-electron chi connectivity index (χ4n) is 1.38. The summed E-state index contributed by atoms with van der Waals surface area (Å²) in [5.41, 5.74) is 6.37. The van der Waals surface area contributed by atoms with Crippen molar-refractivity contribution in [3.05, 3.63) is 22.5 Å². The zero-order valence-electron chi connectivity index (χ0n) is 9.32. The molecule has 84 valence electrons. The lowest BCUT2D eigenvalue weighted by molar-refractivity contribution is 0.387. The van der Waals surface area contributed by atoms with Gasteiger partial charge in [-0.3, -0.25) is 0 Å². The van der Waals surface area contributed by atoms with Crippen molar-refractivity contribution in [2.24, 2.45) is 0 Å². The quantitative estimate of drug-likeness (QED) is 0.753. The molecule has 1 rings (SSSR count). The van der Waals surface area contributed by atoms with Crippen LogP contribution in [0.3, 0.4) is 0 Å². The lowest BCUT2D eigenvalue weighted by Gasteiger charge is -2.22. The third-order valence-electron chi connectivity index (χ3n) is 2.20. The molecule has 0 aromatic heterocycles. The van der Waals surface area contributed by atoms with Crippen molar-refractivity contribution in [1.82, 2.24) is 0 Å². The average molecular weight is 232 g/mol. The van der Waals surface area contributed by atoms with E-state index in [9.17, 15) is 4.39 Å². The first kappa shape index (κ1) is 12.1. The first-order valence-electron chi connectivity index (χ1n) is 4.61. The maximum Gasteiger partial charge on any atom is 0.186 e. The van der Waals surface area contributed by atoms with E-state index < -0.39 is 5.82 Å². The van der Waals surface area contributed by atoms with Crippen LogP contribution in [0.1, 0.15) is 26.3 Å². The normalized spacial score (nSPS) is 11.6. The zero-order chi connectivity index (χ0) is 11.8. The zero-order valence-corrected chi connectivity index (χ0v) is 10.1. The fraction of sp³-hybridized carbons (Fsp3) is 0.455. The van der Waals surface area contributed by atoms with Crippen molar-refractivity contribution in [1.29, 1.82) is 0 Å². The third kappa shape index (κ3) is 2.17. The smallest absolute Gasteiger partial charge is 0.186 e. The summed E-state index contributed by atoms with van der Waals surface area (Å²) in [7, 11) is 1.36. The van der Waals surface area contributed by atoms with E-state index in [4.69, 9.17) is 22.1 Å². The summed E-state index contributed by atoms with van der Waals surface area (Å²) >= 11 is 5.92. The highest BCUT2D eigenvalue weighted by molar-refractivity contribution is 6.32. The molecule has 0 aliphatic carbocycles. The number of hydrogen-bond donors (Lipinski definition) is 1. The van der Waals surface area contributed by atoms with E-state index >= 15 is 0 Å². The van der Waals surface area contributed by atoms with E-state index in [1.807, 2.05) is 20.8 Å². The Hall–Kier alpha value is -0.960. The van der Waals surface area contributed by atoms with Crippen molar-refractivity contribution >= 4 is 17.3 Å². The first-order valence-corrected chi connectivity index (χ1v) is 4.98. The predicted molar refractivity (Wildman–Crippen MR) is 61.1 cm³/mol. The Kier molecular flexibility index (Phi) is 3.14. The van der Waals surface area contributed by atoms with Gasteiger partial charge in [0.15, 0.2) is 11.6 Å². The predicted octanol–water partition coefficient (Wildman–Crippen LogP) is 3.37. The summed E-state index contributed by atoms with van der Waals surface area (Å²) in [4.78, 5) is 0. The van der Waals surface area contributed by atoms with Gasteiger partial charge in [0.1, 0.15) is 0 Å². The minimum absolute atomic E-state index is 0.00741. The van der Waals surface area contributed by atoms with Gasteiger partial charge in [-0.15, -0.1) is 0 Å². The minimum atomic E-state index is -0.593. The standard InChI is InChI=1S/C11H15ClFNO/c1-11(2,3)6-5-7(14)10(15-4)9(13)8(6)12/h5H,14H2,1-4H3. The molecular formula is C11H15ClFNO. The van der Waals surface area contributed by atoms with Crippen LogP contribution < -0.4 is 10.5 Å². The highest BCUT2D eigenvalue weighted by Gasteiger charge is 2.23. The number of nitrogens with two attached hydrogens (primary N) is 1. The van der Waals surface area contributed by atoms with E-state index in [0.29, 0.717) is 5.56 Å². The Morgan fingerprint density at radius 1 is 1.40 bits per heavy atom. The van der Waals surface area contributed by atoms with Gasteiger partial charge in [0.05, 0.1) is 17.8 Å². The second kappa shape index (κ2) is 3.89. The van der Waals surface area contributed by atoms with Crippen molar-refractivity contribution in [2.75, 3.05) is 12.8 Å². The molecule has 0 atom stereocenters. The monoisotopic (exact) mass is 231 g/mol. The SMILES string of the molecule is COc1c(N)cc(C(C)(C)C)c(Cl)c1F. The van der Waals surface area contributed by atoms with E-state index in [2.05, 4.69) is 0 Å². The summed E-state index contributed by atoms with van der Waals surface area (Å²) in [6.45, 7) is 5.83. The Bertz CT molecular complexity index is 385. The molecule has 0 unspecified atom stereocenters. The molecule has 0 bridgehead atoms. The molecular weight excluding hydrogens is 217 g/mol. The highest BCUT2D eigenvalue weighted by Crippen LogP contribution is 2.39. The third-order valence-corrected chi connectivity index (χ3v) is 2.57. The van der Waals surface area contributed by atoms with Gasteiger partial charge < -0.3 is 10.5 Å². The van der Waals surface area contributed by atoms with Crippen molar-refractivity contribution < 1.29 is 9.13 Å². The molecule has 15 heavy (non-hydrogen) atoms. The fourth-order valence-corrected chi connectivity index (χ4v) is 1.81. The summed E-state index contributed by atoms with van der Waals surface area (Å²) in [6.07, 6.45) is 0. The summed E-state index contributed by atoms with van der Waals surface area (Å²) in [5, 5.41) is 0.0774. The number of methoxy groups -OCH3 is 1. The van der Waals surface area contributed by atoms with E-state index in [1.165, 1.54) is 7.11 Å². The van der Waals surface area contributed by atoms with Crippen LogP contribution in [0.4, 0.5) is 10.1 Å². The molecule has 0 radical (unpaired) electrons. The van der Waals surface area contributed by atoms with Crippen LogP contribution >= 0.6 is 11.6 Å². The van der Waals surface area contributed by atoms with Gasteiger partial charge in [-0.05, 0) is 17.0 Å². The lowest BCUT2D eigenvalue weighted by Crippen LogP contribution is -2.14. The maximum absolute atomic E-state index is 13.7. The number of nitrogen functional groups attached to an aromatic ring is 1. The van der Waals surface area contributed by atoms with Gasteiger partial charge >= 0.3 is 0 Å². The van der Waals surface area contributed by atoms with Crippen LogP contribution in [0.25, 0.3) is 0 Å². The summed E-state index contributed by atoms with van der Waals surface area (Å²) in [5.74, 6) is -0.586. The van der Waals surface area contributed by atoms with E-state index in [1.54, 1.807) is 6.07 Å². The minimum Gasteiger partial charge on any atom is -0.492 e. The molecule has 0 spiro atoms. The van der Waals surface area contributed by atoms with Crippen molar-refractivity contribution in [2.45, 2.75) is 26.2 Å². The maximum atomic E-state index is 13.7. The Morgan fingerprint density at radius 3 is 2.33 bits per heavy atom. The molecule has 0 heterocycles. The largest absolute Gasteiger partial charge is 0.492 e. The van der Waals surface area contributed by atoms with Crippen LogP contribution in [0.15, 0.2) is 6.07 Å². The van der Waals surface area contributed by atoms with Crippen molar-refractivity contribution in [3.8, 4) is 5.75 Å². The molecule has 0 aliphatic heterocycles. The number of rotatable bonds is 1. The van der Waals surface area contributed by atoms with Gasteiger partial charge in [0, 0.05) is 0 Å². The average Bonchev–Trinajstić information content (AvgIpc) is 2.10. The summed E-state index contributed by atoms with van der Waals surface area (Å²) in [6, 6.07) is 1.66. The molecule has 4 heteroatoms. The number of benzene rings is 1. The number of hydrogen-bond acceptors (Lipinski definition) is 2. The van der Waals surface area contributed by atoms with E-state index in [0.717, 1.165) is 0 Å². The van der Waals surface area contributed by atoms with Gasteiger partial charge in [-0.2, -0.15) is 0 Å². The second-order valence-corrected chi connectivity index (χ2v) is 4.80. The Balaban J connectivity index is 3.48. The van der Waals surface area contributed by atoms with Crippen LogP contribution in [-0.4, -0.2) is 7.11 Å². The van der Waals surface area contributed by atoms with Crippen LogP contribution in [0.2, 0.25) is 5.02 Å². The van der Waals surface area contributed by atoms with E-state index in [-0.39, 0.29) is 21.9 Å². The molecule has 0 saturated heterocycles. The lowest BCUT2D eigenvalue weighted by atomic mass is 9.86. The molecule has 0 amide bonds. The van der Waals surface area contributed by atoms with Gasteiger partial charge in [0.2, 0.25) is 0 Å². The Morgan fingerprint density at radius 2 is 1.93 bits per heavy atom. The molecule has 1 aromatic carbocycles. The van der Waals surface area contributed by atoms with Gasteiger partial charge in [-0.1, -0.05) is 32.4 Å². The molecule has 1 aromatic rings. The number of halogens is 2. The highest BCUT2D eigenvalue weighted by atomic mass is 35.5. The number of ether oxygens (including phenoxy) is 1. The molecule has 0 fully saturated rings. The van der Waals surface area contributed by atoms with Crippen LogP contribution in [0.5, 0.6) is 5.75 Å². The molecule has 0 aliphatic rings. The second-order valence-electron chi connectivity index (χ2n) is 4.42. The first-order chi connectivity index (χ1) is 6.79. The van der Waals surface area contributed by atoms with Crippen LogP contribution in [0, 0.1) is 5.82 Å². The molecule has 2 nitrogen and oxygen atoms in total. The van der Waals surface area contributed by atoms with Gasteiger partial charge in [-0.25, -0.2) is 4.39 Å². The molecule has 2 N–H and O–H groups in total. The molecule has 0 saturated carbocycles. The summed E-state index contributed by atoms with van der Waals surface area (Å²) < 4.78 is 18.6. The van der Waals surface area contributed by atoms with Crippen LogP contribution in [-0.2, 0) is 5.41 Å².